The summed E-state index contributed by atoms with van der Waals surface area (Å²) in [5, 5.41) is 0. The monoisotopic (exact) mass is 255 g/mol. The van der Waals surface area contributed by atoms with E-state index < -0.39 is 11.9 Å². The Labute approximate surface area is 110 Å². The first-order valence-electron chi connectivity index (χ1n) is 6.49. The van der Waals surface area contributed by atoms with Gasteiger partial charge in [0.25, 0.3) is 0 Å². The zero-order valence-electron chi connectivity index (χ0n) is 11.9. The van der Waals surface area contributed by atoms with E-state index in [1.54, 1.807) is 11.1 Å². The molecule has 18 heavy (non-hydrogen) atoms. The van der Waals surface area contributed by atoms with Crippen molar-refractivity contribution in [3.8, 4) is 0 Å². The Morgan fingerprint density at radius 2 is 1.89 bits per heavy atom. The van der Waals surface area contributed by atoms with Gasteiger partial charge in [-0.1, -0.05) is 32.6 Å². The number of unbranched alkanes of at least 4 members (excludes halogenated alkanes) is 3. The van der Waals surface area contributed by atoms with Crippen LogP contribution in [-0.2, 0) is 14.3 Å². The molecule has 0 bridgehead atoms. The van der Waals surface area contributed by atoms with Gasteiger partial charge in [0, 0.05) is 20.3 Å². The fourth-order valence-corrected chi connectivity index (χ4v) is 1.63. The van der Waals surface area contributed by atoms with Gasteiger partial charge < -0.3 is 9.64 Å². The Hall–Kier alpha value is -1.32. The van der Waals surface area contributed by atoms with Gasteiger partial charge in [-0.15, -0.1) is 0 Å². The number of carbonyl (C=O) groups is 2. The summed E-state index contributed by atoms with van der Waals surface area (Å²) in [7, 11) is 4.99. The van der Waals surface area contributed by atoms with Gasteiger partial charge in [-0.25, -0.2) is 0 Å². The zero-order chi connectivity index (χ0) is 14.0. The summed E-state index contributed by atoms with van der Waals surface area (Å²) in [5.41, 5.74) is 0. The van der Waals surface area contributed by atoms with E-state index in [9.17, 15) is 9.59 Å². The Morgan fingerprint density at radius 1 is 1.22 bits per heavy atom. The topological polar surface area (TPSA) is 46.6 Å². The molecule has 0 spiro atoms. The lowest BCUT2D eigenvalue weighted by Crippen LogP contribution is -2.24. The molecule has 0 aromatic carbocycles. The number of rotatable bonds is 9. The zero-order valence-corrected chi connectivity index (χ0v) is 11.9. The van der Waals surface area contributed by atoms with Crippen molar-refractivity contribution in [2.75, 3.05) is 21.2 Å². The predicted octanol–water partition coefficient (Wildman–Crippen LogP) is 2.39. The van der Waals surface area contributed by atoms with Crippen molar-refractivity contribution in [1.82, 2.24) is 4.90 Å². The number of esters is 1. The molecule has 0 unspecified atom stereocenters. The molecule has 0 aliphatic rings. The SMILES string of the molecule is CCCCCC[C@@H](C(=O)/C=C/N(C)C)C(=O)OC. The van der Waals surface area contributed by atoms with E-state index in [4.69, 9.17) is 4.74 Å². The van der Waals surface area contributed by atoms with Crippen LogP contribution in [0.15, 0.2) is 12.3 Å². The van der Waals surface area contributed by atoms with Crippen LogP contribution in [0.3, 0.4) is 0 Å². The minimum absolute atomic E-state index is 0.174. The van der Waals surface area contributed by atoms with Gasteiger partial charge in [0.05, 0.1) is 7.11 Å². The highest BCUT2D eigenvalue weighted by molar-refractivity contribution is 6.04. The number of carbonyl (C=O) groups excluding carboxylic acids is 2. The van der Waals surface area contributed by atoms with E-state index in [-0.39, 0.29) is 5.78 Å². The molecule has 0 N–H and O–H groups in total. The third-order valence-electron chi connectivity index (χ3n) is 2.71. The van der Waals surface area contributed by atoms with Crippen molar-refractivity contribution in [2.45, 2.75) is 39.0 Å². The van der Waals surface area contributed by atoms with Crippen LogP contribution in [-0.4, -0.2) is 37.9 Å². The van der Waals surface area contributed by atoms with Crippen LogP contribution in [0.4, 0.5) is 0 Å². The van der Waals surface area contributed by atoms with Gasteiger partial charge in [0.2, 0.25) is 0 Å². The Kier molecular flexibility index (Phi) is 8.97. The number of ether oxygens (including phenoxy) is 1. The van der Waals surface area contributed by atoms with Crippen molar-refractivity contribution in [2.24, 2.45) is 5.92 Å². The number of hydrogen-bond donors (Lipinski definition) is 0. The standard InChI is InChI=1S/C14H25NO3/c1-5-6-7-8-9-12(14(17)18-4)13(16)10-11-15(2)3/h10-12H,5-9H2,1-4H3/b11-10+/t12-/m0/s1. The first kappa shape index (κ1) is 16.7. The first-order chi connectivity index (χ1) is 8.52. The van der Waals surface area contributed by atoms with E-state index in [1.807, 2.05) is 14.1 Å². The van der Waals surface area contributed by atoms with Crippen LogP contribution >= 0.6 is 0 Å². The molecule has 4 heteroatoms. The van der Waals surface area contributed by atoms with Crippen molar-refractivity contribution in [1.29, 1.82) is 0 Å². The van der Waals surface area contributed by atoms with Crippen LogP contribution < -0.4 is 0 Å². The van der Waals surface area contributed by atoms with Gasteiger partial charge >= 0.3 is 5.97 Å². The number of ketones is 1. The fraction of sp³-hybridized carbons (Fsp3) is 0.714. The van der Waals surface area contributed by atoms with Gasteiger partial charge in [-0.2, -0.15) is 0 Å². The van der Waals surface area contributed by atoms with Crippen LogP contribution in [0.5, 0.6) is 0 Å². The Bertz CT molecular complexity index is 285. The molecule has 104 valence electrons. The second-order valence-electron chi connectivity index (χ2n) is 4.61. The van der Waals surface area contributed by atoms with Crippen LogP contribution in [0.1, 0.15) is 39.0 Å². The summed E-state index contributed by atoms with van der Waals surface area (Å²) >= 11 is 0. The summed E-state index contributed by atoms with van der Waals surface area (Å²) in [6.45, 7) is 2.13. The smallest absolute Gasteiger partial charge is 0.316 e. The van der Waals surface area contributed by atoms with Gasteiger partial charge in [-0.05, 0) is 12.5 Å². The van der Waals surface area contributed by atoms with E-state index in [2.05, 4.69) is 6.92 Å². The highest BCUT2D eigenvalue weighted by atomic mass is 16.5. The summed E-state index contributed by atoms with van der Waals surface area (Å²) in [6, 6.07) is 0. The Morgan fingerprint density at radius 3 is 2.39 bits per heavy atom. The molecule has 0 saturated heterocycles. The van der Waals surface area contributed by atoms with E-state index in [1.165, 1.54) is 13.2 Å². The molecule has 0 saturated carbocycles. The summed E-state index contributed by atoms with van der Waals surface area (Å²) in [5.74, 6) is -1.25. The molecular weight excluding hydrogens is 230 g/mol. The van der Waals surface area contributed by atoms with Crippen LogP contribution in [0, 0.1) is 5.92 Å². The fourth-order valence-electron chi connectivity index (χ4n) is 1.63. The second-order valence-corrected chi connectivity index (χ2v) is 4.61. The first-order valence-corrected chi connectivity index (χ1v) is 6.49. The average Bonchev–Trinajstić information content (AvgIpc) is 2.35. The lowest BCUT2D eigenvalue weighted by Gasteiger charge is -2.12. The maximum atomic E-state index is 11.9. The van der Waals surface area contributed by atoms with Crippen molar-refractivity contribution in [3.63, 3.8) is 0 Å². The molecular formula is C14H25NO3. The van der Waals surface area contributed by atoms with Crippen LogP contribution in [0.2, 0.25) is 0 Å². The minimum Gasteiger partial charge on any atom is -0.468 e. The number of allylic oxidation sites excluding steroid dienone is 1. The highest BCUT2D eigenvalue weighted by Gasteiger charge is 2.24. The number of hydrogen-bond acceptors (Lipinski definition) is 4. The summed E-state index contributed by atoms with van der Waals surface area (Å²) < 4.78 is 4.69. The second kappa shape index (κ2) is 9.68. The molecule has 4 nitrogen and oxygen atoms in total. The number of methoxy groups -OCH3 is 1. The molecule has 0 radical (unpaired) electrons. The summed E-state index contributed by atoms with van der Waals surface area (Å²) in [4.78, 5) is 25.2. The summed E-state index contributed by atoms with van der Waals surface area (Å²) in [6.07, 6.45) is 7.88. The highest BCUT2D eigenvalue weighted by Crippen LogP contribution is 2.14. The van der Waals surface area contributed by atoms with Gasteiger partial charge in [-0.3, -0.25) is 9.59 Å². The molecule has 0 rings (SSSR count). The molecule has 0 aromatic heterocycles. The van der Waals surface area contributed by atoms with Crippen molar-refractivity contribution >= 4 is 11.8 Å². The normalized spacial score (nSPS) is 12.4. The maximum Gasteiger partial charge on any atom is 0.316 e. The third kappa shape index (κ3) is 7.09. The molecule has 0 aliphatic heterocycles. The van der Waals surface area contributed by atoms with E-state index in [0.29, 0.717) is 6.42 Å². The molecule has 0 aromatic rings. The predicted molar refractivity (Wildman–Crippen MR) is 72.1 cm³/mol. The lowest BCUT2D eigenvalue weighted by molar-refractivity contribution is -0.148. The quantitative estimate of drug-likeness (QED) is 0.275. The molecule has 1 atom stereocenters. The van der Waals surface area contributed by atoms with E-state index >= 15 is 0 Å². The van der Waals surface area contributed by atoms with Gasteiger partial charge in [0.15, 0.2) is 5.78 Å². The number of nitrogens with zero attached hydrogens (tertiary/aromatic N) is 1. The Balaban J connectivity index is 4.39. The van der Waals surface area contributed by atoms with Crippen molar-refractivity contribution in [3.05, 3.63) is 12.3 Å². The lowest BCUT2D eigenvalue weighted by atomic mass is 9.96. The third-order valence-corrected chi connectivity index (χ3v) is 2.71. The average molecular weight is 255 g/mol. The van der Waals surface area contributed by atoms with E-state index in [0.717, 1.165) is 25.7 Å². The maximum absolute atomic E-state index is 11.9. The molecule has 0 amide bonds. The largest absolute Gasteiger partial charge is 0.468 e. The van der Waals surface area contributed by atoms with Gasteiger partial charge in [0.1, 0.15) is 5.92 Å². The van der Waals surface area contributed by atoms with Crippen molar-refractivity contribution < 1.29 is 14.3 Å². The molecule has 0 aliphatic carbocycles. The minimum atomic E-state index is -0.650. The molecule has 0 heterocycles. The molecule has 0 fully saturated rings. The van der Waals surface area contributed by atoms with Crippen LogP contribution in [0.25, 0.3) is 0 Å².